The highest BCUT2D eigenvalue weighted by molar-refractivity contribution is 7.18. The Hall–Kier alpha value is -3.73. The number of rotatable bonds is 8. The minimum absolute atomic E-state index is 0.155. The highest BCUT2D eigenvalue weighted by Crippen LogP contribution is 2.33. The van der Waals surface area contributed by atoms with Crippen LogP contribution in [0.15, 0.2) is 35.1 Å². The molecule has 0 fully saturated rings. The van der Waals surface area contributed by atoms with Crippen molar-refractivity contribution in [3.63, 3.8) is 0 Å². The van der Waals surface area contributed by atoms with Crippen LogP contribution in [0, 0.1) is 6.92 Å². The van der Waals surface area contributed by atoms with Crippen LogP contribution in [0.1, 0.15) is 32.5 Å². The van der Waals surface area contributed by atoms with Crippen LogP contribution in [0.4, 0.5) is 5.00 Å². The van der Waals surface area contributed by atoms with Crippen molar-refractivity contribution < 1.29 is 28.3 Å². The molecule has 2 heterocycles. The highest BCUT2D eigenvalue weighted by Gasteiger charge is 2.26. The number of amides is 2. The molecule has 10 nitrogen and oxygen atoms in total. The summed E-state index contributed by atoms with van der Waals surface area (Å²) in [7, 11) is 1.49. The van der Waals surface area contributed by atoms with E-state index in [1.54, 1.807) is 38.1 Å². The summed E-state index contributed by atoms with van der Waals surface area (Å²) in [6.07, 6.45) is 1.23. The fraction of sp³-hybridized carbons (Fsp3) is 0.250. The molecule has 0 aliphatic carbocycles. The lowest BCUT2D eigenvalue weighted by molar-refractivity contribution is -0.118. The van der Waals surface area contributed by atoms with Crippen LogP contribution in [0.5, 0.6) is 5.75 Å². The molecule has 1 aromatic carbocycles. The fourth-order valence-corrected chi connectivity index (χ4v) is 3.84. The quantitative estimate of drug-likeness (QED) is 0.507. The van der Waals surface area contributed by atoms with Crippen molar-refractivity contribution in [2.45, 2.75) is 13.8 Å². The third-order valence-electron chi connectivity index (χ3n) is 4.14. The van der Waals surface area contributed by atoms with E-state index in [0.717, 1.165) is 11.3 Å². The molecule has 2 aromatic heterocycles. The van der Waals surface area contributed by atoms with Crippen molar-refractivity contribution in [2.75, 3.05) is 25.6 Å². The SMILES string of the molecule is CCOC(=O)c1c(NC(=O)COc2ccc(-c3nnco3)cc2)sc(C(=O)NC)c1C. The molecule has 0 aliphatic heterocycles. The van der Waals surface area contributed by atoms with Crippen LogP contribution >= 0.6 is 11.3 Å². The molecule has 0 aliphatic rings. The van der Waals surface area contributed by atoms with E-state index < -0.39 is 11.9 Å². The van der Waals surface area contributed by atoms with E-state index in [1.165, 1.54) is 13.4 Å². The Balaban J connectivity index is 1.69. The van der Waals surface area contributed by atoms with E-state index in [4.69, 9.17) is 13.9 Å². The van der Waals surface area contributed by atoms with Crippen molar-refractivity contribution in [1.82, 2.24) is 15.5 Å². The zero-order valence-electron chi connectivity index (χ0n) is 17.1. The molecular formula is C20H20N4O6S. The van der Waals surface area contributed by atoms with Gasteiger partial charge in [0, 0.05) is 12.6 Å². The van der Waals surface area contributed by atoms with Gasteiger partial charge in [0.1, 0.15) is 10.8 Å². The second-order valence-electron chi connectivity index (χ2n) is 6.17. The third kappa shape index (κ3) is 5.07. The van der Waals surface area contributed by atoms with Crippen LogP contribution in [0.25, 0.3) is 11.5 Å². The average Bonchev–Trinajstić information content (AvgIpc) is 3.41. The van der Waals surface area contributed by atoms with Crippen LogP contribution in [-0.2, 0) is 9.53 Å². The highest BCUT2D eigenvalue weighted by atomic mass is 32.1. The summed E-state index contributed by atoms with van der Waals surface area (Å²) in [5, 5.41) is 12.8. The molecule has 0 radical (unpaired) electrons. The van der Waals surface area contributed by atoms with Gasteiger partial charge in [-0.1, -0.05) is 0 Å². The predicted molar refractivity (Wildman–Crippen MR) is 112 cm³/mol. The number of carbonyl (C=O) groups is 3. The number of hydrogen-bond acceptors (Lipinski definition) is 9. The van der Waals surface area contributed by atoms with Gasteiger partial charge in [0.25, 0.3) is 11.8 Å². The van der Waals surface area contributed by atoms with E-state index in [-0.39, 0.29) is 29.7 Å². The van der Waals surface area contributed by atoms with E-state index in [0.29, 0.717) is 27.6 Å². The molecule has 11 heteroatoms. The van der Waals surface area contributed by atoms with E-state index >= 15 is 0 Å². The zero-order chi connectivity index (χ0) is 22.4. The van der Waals surface area contributed by atoms with Crippen LogP contribution in [0.2, 0.25) is 0 Å². The van der Waals surface area contributed by atoms with Gasteiger partial charge in [0.05, 0.1) is 17.0 Å². The van der Waals surface area contributed by atoms with Gasteiger partial charge in [-0.25, -0.2) is 4.79 Å². The lowest BCUT2D eigenvalue weighted by Gasteiger charge is -2.08. The van der Waals surface area contributed by atoms with Gasteiger partial charge in [0.15, 0.2) is 6.61 Å². The molecule has 0 unspecified atom stereocenters. The molecular weight excluding hydrogens is 424 g/mol. The number of anilines is 1. The van der Waals surface area contributed by atoms with Gasteiger partial charge in [-0.2, -0.15) is 0 Å². The van der Waals surface area contributed by atoms with Gasteiger partial charge >= 0.3 is 5.97 Å². The average molecular weight is 444 g/mol. The maximum absolute atomic E-state index is 12.4. The third-order valence-corrected chi connectivity index (χ3v) is 5.35. The Morgan fingerprint density at radius 1 is 1.19 bits per heavy atom. The first-order valence-corrected chi connectivity index (χ1v) is 10.1. The summed E-state index contributed by atoms with van der Waals surface area (Å²) in [5.41, 5.74) is 1.31. The van der Waals surface area contributed by atoms with Crippen molar-refractivity contribution >= 4 is 34.1 Å². The molecule has 2 amide bonds. The molecule has 0 saturated heterocycles. The Morgan fingerprint density at radius 2 is 1.94 bits per heavy atom. The molecule has 0 bridgehead atoms. The van der Waals surface area contributed by atoms with E-state index in [1.807, 2.05) is 0 Å². The first-order valence-electron chi connectivity index (χ1n) is 9.26. The van der Waals surface area contributed by atoms with Crippen LogP contribution in [0.3, 0.4) is 0 Å². The largest absolute Gasteiger partial charge is 0.484 e. The monoisotopic (exact) mass is 444 g/mol. The standard InChI is InChI=1S/C20H20N4O6S/c1-4-28-20(27)15-11(2)16(17(26)21-3)31-19(15)23-14(25)9-29-13-7-5-12(6-8-13)18-24-22-10-30-18/h5-8,10H,4,9H2,1-3H3,(H,21,26)(H,23,25). The van der Waals surface area contributed by atoms with Crippen LogP contribution in [-0.4, -0.2) is 48.2 Å². The molecule has 0 saturated carbocycles. The van der Waals surface area contributed by atoms with Crippen molar-refractivity contribution in [1.29, 1.82) is 0 Å². The van der Waals surface area contributed by atoms with Crippen molar-refractivity contribution in [3.8, 4) is 17.2 Å². The number of esters is 1. The van der Waals surface area contributed by atoms with Gasteiger partial charge in [-0.3, -0.25) is 9.59 Å². The summed E-state index contributed by atoms with van der Waals surface area (Å²) < 4.78 is 15.7. The molecule has 0 atom stereocenters. The van der Waals surface area contributed by atoms with Crippen LogP contribution < -0.4 is 15.4 Å². The number of benzene rings is 1. The van der Waals surface area contributed by atoms with E-state index in [9.17, 15) is 14.4 Å². The number of ether oxygens (including phenoxy) is 2. The second kappa shape index (κ2) is 9.85. The molecule has 3 rings (SSSR count). The zero-order valence-corrected chi connectivity index (χ0v) is 17.9. The summed E-state index contributed by atoms with van der Waals surface area (Å²) in [4.78, 5) is 37.2. The Labute approximate surface area is 181 Å². The number of nitrogens with one attached hydrogen (secondary N) is 2. The first kappa shape index (κ1) is 22.0. The minimum atomic E-state index is -0.612. The molecule has 162 valence electrons. The first-order chi connectivity index (χ1) is 14.9. The lowest BCUT2D eigenvalue weighted by atomic mass is 10.1. The number of thiophene rings is 1. The summed E-state index contributed by atoms with van der Waals surface area (Å²) in [6, 6.07) is 6.77. The molecule has 3 aromatic rings. The van der Waals surface area contributed by atoms with Gasteiger partial charge in [-0.05, 0) is 43.7 Å². The van der Waals surface area contributed by atoms with Gasteiger partial charge in [0.2, 0.25) is 12.3 Å². The molecule has 31 heavy (non-hydrogen) atoms. The van der Waals surface area contributed by atoms with E-state index in [2.05, 4.69) is 20.8 Å². The number of aromatic nitrogens is 2. The summed E-state index contributed by atoms with van der Waals surface area (Å²) >= 11 is 1.000. The fourth-order valence-electron chi connectivity index (χ4n) is 2.68. The minimum Gasteiger partial charge on any atom is -0.484 e. The normalized spacial score (nSPS) is 10.4. The maximum atomic E-state index is 12.4. The summed E-state index contributed by atoms with van der Waals surface area (Å²) in [6.45, 7) is 3.17. The number of hydrogen-bond donors (Lipinski definition) is 2. The Bertz CT molecular complexity index is 1080. The number of nitrogens with zero attached hydrogens (tertiary/aromatic N) is 2. The molecule has 2 N–H and O–H groups in total. The summed E-state index contributed by atoms with van der Waals surface area (Å²) in [5.74, 6) is -0.630. The predicted octanol–water partition coefficient (Wildman–Crippen LogP) is 2.66. The lowest BCUT2D eigenvalue weighted by Crippen LogP contribution is -2.21. The maximum Gasteiger partial charge on any atom is 0.341 e. The van der Waals surface area contributed by atoms with Crippen molar-refractivity contribution in [2.24, 2.45) is 0 Å². The Morgan fingerprint density at radius 3 is 2.55 bits per heavy atom. The van der Waals surface area contributed by atoms with Gasteiger partial charge < -0.3 is 24.5 Å². The molecule has 0 spiro atoms. The Kier molecular flexibility index (Phi) is 6.98. The number of carbonyl (C=O) groups excluding carboxylic acids is 3. The van der Waals surface area contributed by atoms with Gasteiger partial charge in [-0.15, -0.1) is 21.5 Å². The smallest absolute Gasteiger partial charge is 0.341 e. The second-order valence-corrected chi connectivity index (χ2v) is 7.19. The topological polar surface area (TPSA) is 133 Å². The van der Waals surface area contributed by atoms with Crippen molar-refractivity contribution in [3.05, 3.63) is 46.7 Å².